The number of amides is 7. The minimum absolute atomic E-state index is 0.00548. The van der Waals surface area contributed by atoms with E-state index in [4.69, 9.17) is 5.73 Å². The number of nitrogens with two attached hydrogens (primary N) is 1. The van der Waals surface area contributed by atoms with Crippen molar-refractivity contribution in [2.45, 2.75) is 96.4 Å². The second-order valence-corrected chi connectivity index (χ2v) is 17.7. The monoisotopic (exact) mass is 1010 g/mol. The quantitative estimate of drug-likeness (QED) is 0.0202. The van der Waals surface area contributed by atoms with E-state index in [0.29, 0.717) is 30.5 Å². The first kappa shape index (κ1) is 55.1. The Labute approximate surface area is 417 Å². The Morgan fingerprint density at radius 2 is 1.14 bits per heavy atom. The molecule has 0 fully saturated rings. The third kappa shape index (κ3) is 16.7. The van der Waals surface area contributed by atoms with Gasteiger partial charge in [-0.15, -0.1) is 5.10 Å². The topological polar surface area (TPSA) is 396 Å². The van der Waals surface area contributed by atoms with E-state index in [-0.39, 0.29) is 60.3 Å². The average Bonchev–Trinajstić information content (AvgIpc) is 4.15. The second kappa shape index (κ2) is 26.4. The van der Waals surface area contributed by atoms with E-state index in [1.807, 2.05) is 13.8 Å². The highest BCUT2D eigenvalue weighted by molar-refractivity contribution is 6.06. The Balaban J connectivity index is 1.24. The number of nitrogens with one attached hydrogen (secondary N) is 10. The molecule has 0 spiro atoms. The molecule has 26 heteroatoms. The summed E-state index contributed by atoms with van der Waals surface area (Å²) in [7, 11) is 0. The first-order valence-electron chi connectivity index (χ1n) is 23.3. The number of aromatic amines is 3. The van der Waals surface area contributed by atoms with Crippen LogP contribution in [0.4, 0.5) is 17.5 Å². The van der Waals surface area contributed by atoms with Crippen LogP contribution in [0.5, 0.6) is 0 Å². The molecule has 2 aromatic carbocycles. The maximum Gasteiger partial charge on any atom is 0.343 e. The molecule has 7 amide bonds. The van der Waals surface area contributed by atoms with E-state index in [1.165, 1.54) is 12.1 Å². The zero-order valence-electron chi connectivity index (χ0n) is 40.4. The van der Waals surface area contributed by atoms with Gasteiger partial charge in [-0.3, -0.25) is 43.8 Å². The van der Waals surface area contributed by atoms with Gasteiger partial charge in [0.25, 0.3) is 17.7 Å². The number of aromatic nitrogens is 6. The van der Waals surface area contributed by atoms with Crippen LogP contribution in [0.2, 0.25) is 0 Å². The number of nitro groups is 1. The number of rotatable bonds is 27. The van der Waals surface area contributed by atoms with E-state index in [9.17, 15) is 53.6 Å². The molecule has 5 aromatic rings. The summed E-state index contributed by atoms with van der Waals surface area (Å²) in [6.07, 6.45) is 1.11. The number of carbonyl (C=O) groups excluding carboxylic acids is 7. The van der Waals surface area contributed by atoms with Gasteiger partial charge in [0.2, 0.25) is 23.6 Å². The largest absolute Gasteiger partial charge is 0.480 e. The van der Waals surface area contributed by atoms with Crippen molar-refractivity contribution in [1.29, 1.82) is 0 Å². The van der Waals surface area contributed by atoms with Gasteiger partial charge < -0.3 is 58.2 Å². The number of hydrogen-bond acceptors (Lipinski definition) is 14. The van der Waals surface area contributed by atoms with Gasteiger partial charge >= 0.3 is 11.8 Å². The lowest BCUT2D eigenvalue weighted by molar-refractivity contribution is -0.389. The SMILES string of the molecule is CC(C)C[C@H](NC(=O)[C@H](CCCCN)NC(=O)c1cc(NC(=O)c2cc(NC(=O)c3cc([N+](=O)[O-])[nH]n3)n[nH]2)n[nH]1)C(=O)N[C@H](C(=O)N[C@@H](Cc1ccccc1)C(=O)N[C@@H](Cc1ccccc1)C(=O)O)C(C)C. The number of carboxylic acid groups (broad SMARTS) is 1. The van der Waals surface area contributed by atoms with E-state index < -0.39 is 94.2 Å². The molecular formula is C47H59N15O11. The van der Waals surface area contributed by atoms with Gasteiger partial charge in [-0.2, -0.15) is 10.2 Å². The van der Waals surface area contributed by atoms with Crippen LogP contribution < -0.4 is 43.0 Å². The van der Waals surface area contributed by atoms with Crippen molar-refractivity contribution in [2.24, 2.45) is 17.6 Å². The fourth-order valence-electron chi connectivity index (χ4n) is 7.29. The van der Waals surface area contributed by atoms with Crippen molar-refractivity contribution in [3.63, 3.8) is 0 Å². The summed E-state index contributed by atoms with van der Waals surface area (Å²) in [6, 6.07) is 14.6. The molecule has 0 bridgehead atoms. The minimum atomic E-state index is -1.32. The maximum atomic E-state index is 14.1. The highest BCUT2D eigenvalue weighted by atomic mass is 16.6. The fraction of sp³-hybridized carbons (Fsp3) is 0.383. The van der Waals surface area contributed by atoms with Crippen molar-refractivity contribution in [1.82, 2.24) is 57.2 Å². The van der Waals surface area contributed by atoms with Gasteiger partial charge in [0.1, 0.15) is 41.6 Å². The number of hydrogen-bond donors (Lipinski definition) is 12. The summed E-state index contributed by atoms with van der Waals surface area (Å²) >= 11 is 0. The first-order valence-corrected chi connectivity index (χ1v) is 23.3. The highest BCUT2D eigenvalue weighted by Gasteiger charge is 2.34. The number of carboxylic acids is 1. The molecule has 3 heterocycles. The Bertz CT molecular complexity index is 2720. The van der Waals surface area contributed by atoms with Gasteiger partial charge in [0.15, 0.2) is 17.3 Å². The molecule has 0 aliphatic rings. The summed E-state index contributed by atoms with van der Waals surface area (Å²) in [6.45, 7) is 7.31. The van der Waals surface area contributed by atoms with Crippen LogP contribution in [0, 0.1) is 22.0 Å². The number of carbonyl (C=O) groups is 8. The number of anilines is 2. The Morgan fingerprint density at radius 3 is 1.67 bits per heavy atom. The Morgan fingerprint density at radius 1 is 0.616 bits per heavy atom. The average molecular weight is 1010 g/mol. The van der Waals surface area contributed by atoms with E-state index in [1.54, 1.807) is 74.5 Å². The van der Waals surface area contributed by atoms with Crippen molar-refractivity contribution >= 4 is 64.8 Å². The van der Waals surface area contributed by atoms with Gasteiger partial charge in [-0.05, 0) is 60.1 Å². The standard InChI is InChI=1S/C47H59N15O11/c1-25(2)19-30(42(65)55-39(26(3)4)46(69)51-31(20-27-13-7-5-8-14-27)41(64)52-35(47(70)71)21-28-15-9-6-10-16-28)50-40(63)29(17-11-12-18-48)49-43(66)32-22-36(59-56-32)53-44(67)33-23-37(60-57-33)54-45(68)34-24-38(61-58-34)62(72)73/h5-10,13-16,22-26,29-31,35,39H,11-12,17-21,48H2,1-4H3,(H,49,66)(H,50,63)(H,51,69)(H,52,64)(H,55,65)(H,58,61)(H,70,71)(H2,53,56,59,67)(H2,54,57,60,68)/t29-,30-,31-,35-,39-/m0/s1. The van der Waals surface area contributed by atoms with E-state index in [2.05, 4.69) is 67.8 Å². The molecule has 0 unspecified atom stereocenters. The molecule has 388 valence electrons. The highest BCUT2D eigenvalue weighted by Crippen LogP contribution is 2.16. The first-order chi connectivity index (χ1) is 34.8. The number of nitrogens with zero attached hydrogens (tertiary/aromatic N) is 4. The molecule has 0 aliphatic carbocycles. The Kier molecular flexibility index (Phi) is 19.9. The van der Waals surface area contributed by atoms with Crippen LogP contribution in [-0.2, 0) is 36.8 Å². The lowest BCUT2D eigenvalue weighted by Crippen LogP contribution is -2.60. The van der Waals surface area contributed by atoms with Crippen molar-refractivity contribution in [3.8, 4) is 0 Å². The molecular weight excluding hydrogens is 951 g/mol. The van der Waals surface area contributed by atoms with Gasteiger partial charge in [0, 0.05) is 25.0 Å². The number of unbranched alkanes of at least 4 members (excludes halogenated alkanes) is 1. The number of benzene rings is 2. The van der Waals surface area contributed by atoms with Crippen molar-refractivity contribution < 1.29 is 48.4 Å². The fourth-order valence-corrected chi connectivity index (χ4v) is 7.29. The predicted octanol–water partition coefficient (Wildman–Crippen LogP) is 1.71. The molecule has 0 aliphatic heterocycles. The summed E-state index contributed by atoms with van der Waals surface area (Å²) < 4.78 is 0. The molecule has 73 heavy (non-hydrogen) atoms. The normalized spacial score (nSPS) is 13.1. The third-order valence-electron chi connectivity index (χ3n) is 11.1. The van der Waals surface area contributed by atoms with E-state index >= 15 is 0 Å². The van der Waals surface area contributed by atoms with Crippen molar-refractivity contribution in [2.75, 3.05) is 17.2 Å². The van der Waals surface area contributed by atoms with Gasteiger partial charge in [0.05, 0.1) is 6.07 Å². The van der Waals surface area contributed by atoms with E-state index in [0.717, 1.165) is 6.07 Å². The smallest absolute Gasteiger partial charge is 0.343 e. The molecule has 5 atom stereocenters. The van der Waals surface area contributed by atoms with Crippen molar-refractivity contribution in [3.05, 3.63) is 117 Å². The minimum Gasteiger partial charge on any atom is -0.480 e. The number of H-pyrrole nitrogens is 3. The summed E-state index contributed by atoms with van der Waals surface area (Å²) in [5.41, 5.74) is 6.47. The zero-order valence-corrected chi connectivity index (χ0v) is 40.4. The molecule has 0 radical (unpaired) electrons. The summed E-state index contributed by atoms with van der Waals surface area (Å²) in [4.78, 5) is 118. The summed E-state index contributed by atoms with van der Waals surface area (Å²) in [5, 5.41) is 57.5. The number of aliphatic carboxylic acids is 1. The van der Waals surface area contributed by atoms with Crippen LogP contribution in [0.15, 0.2) is 78.9 Å². The second-order valence-electron chi connectivity index (χ2n) is 17.7. The van der Waals surface area contributed by atoms with Crippen LogP contribution in [0.25, 0.3) is 0 Å². The molecule has 0 saturated carbocycles. The van der Waals surface area contributed by atoms with Gasteiger partial charge in [-0.25, -0.2) is 4.79 Å². The lowest BCUT2D eigenvalue weighted by atomic mass is 9.98. The Hall–Kier alpha value is -8.81. The van der Waals surface area contributed by atoms with Crippen LogP contribution >= 0.6 is 0 Å². The van der Waals surface area contributed by atoms with Crippen LogP contribution in [0.3, 0.4) is 0 Å². The van der Waals surface area contributed by atoms with Crippen LogP contribution in [-0.4, -0.2) is 125 Å². The molecule has 26 nitrogen and oxygen atoms in total. The van der Waals surface area contributed by atoms with Gasteiger partial charge in [-0.1, -0.05) is 93.5 Å². The zero-order chi connectivity index (χ0) is 53.2. The molecule has 3 aromatic heterocycles. The maximum absolute atomic E-state index is 14.1. The molecule has 13 N–H and O–H groups in total. The lowest BCUT2D eigenvalue weighted by Gasteiger charge is -2.29. The molecule has 5 rings (SSSR count). The molecule has 0 saturated heterocycles. The third-order valence-corrected chi connectivity index (χ3v) is 11.1. The summed E-state index contributed by atoms with van der Waals surface area (Å²) in [5.74, 6) is -8.04. The predicted molar refractivity (Wildman–Crippen MR) is 262 cm³/mol. The van der Waals surface area contributed by atoms with Crippen LogP contribution in [0.1, 0.15) is 96.0 Å².